The second kappa shape index (κ2) is 6.68. The lowest BCUT2D eigenvalue weighted by Crippen LogP contribution is -2.32. The summed E-state index contributed by atoms with van der Waals surface area (Å²) in [5, 5.41) is 13.4. The van der Waals surface area contributed by atoms with Crippen LogP contribution in [0, 0.1) is 0 Å². The molecule has 1 aliphatic heterocycles. The monoisotopic (exact) mass is 330 g/mol. The van der Waals surface area contributed by atoms with Gasteiger partial charge in [0.2, 0.25) is 0 Å². The number of nitrogens with one attached hydrogen (secondary N) is 1. The molecule has 6 heteroatoms. The number of thiocarbonyl (C=S) groups is 1. The normalized spacial score (nSPS) is 21.0. The third-order valence-corrected chi connectivity index (χ3v) is 4.57. The van der Waals surface area contributed by atoms with Crippen molar-refractivity contribution in [3.63, 3.8) is 0 Å². The first-order valence-corrected chi connectivity index (χ1v) is 8.29. The van der Waals surface area contributed by atoms with Crippen LogP contribution in [0.3, 0.4) is 0 Å². The number of aromatic nitrogens is 2. The van der Waals surface area contributed by atoms with Crippen LogP contribution in [0.25, 0.3) is 0 Å². The van der Waals surface area contributed by atoms with E-state index in [1.165, 1.54) is 5.56 Å². The van der Waals surface area contributed by atoms with Crippen molar-refractivity contribution in [2.45, 2.75) is 32.0 Å². The quantitative estimate of drug-likeness (QED) is 0.825. The number of pyridine rings is 1. The lowest BCUT2D eigenvalue weighted by atomic mass is 9.99. The minimum atomic E-state index is -0.0155. The van der Waals surface area contributed by atoms with Crippen LogP contribution in [0.4, 0.5) is 0 Å². The van der Waals surface area contributed by atoms with Crippen molar-refractivity contribution in [3.8, 4) is 0 Å². The Balaban J connectivity index is 1.99. The molecular formula is C17H22N4OS. The molecular weight excluding hydrogens is 308 g/mol. The molecule has 0 aromatic carbocycles. The Morgan fingerprint density at radius 2 is 2.17 bits per heavy atom. The van der Waals surface area contributed by atoms with Gasteiger partial charge in [-0.2, -0.15) is 0 Å². The zero-order valence-corrected chi connectivity index (χ0v) is 14.2. The third kappa shape index (κ3) is 3.09. The predicted molar refractivity (Wildman–Crippen MR) is 94.1 cm³/mol. The van der Waals surface area contributed by atoms with Gasteiger partial charge in [-0.05, 0) is 49.8 Å². The van der Waals surface area contributed by atoms with Gasteiger partial charge in [0, 0.05) is 31.2 Å². The van der Waals surface area contributed by atoms with Crippen LogP contribution in [-0.4, -0.2) is 37.8 Å². The van der Waals surface area contributed by atoms with Crippen molar-refractivity contribution >= 4 is 17.3 Å². The highest BCUT2D eigenvalue weighted by Crippen LogP contribution is 2.38. The van der Waals surface area contributed by atoms with Gasteiger partial charge < -0.3 is 19.9 Å². The second-order valence-electron chi connectivity index (χ2n) is 6.03. The Morgan fingerprint density at radius 3 is 2.78 bits per heavy atom. The van der Waals surface area contributed by atoms with Gasteiger partial charge in [-0.1, -0.05) is 6.07 Å². The summed E-state index contributed by atoms with van der Waals surface area (Å²) >= 11 is 5.49. The van der Waals surface area contributed by atoms with Crippen LogP contribution in [0.15, 0.2) is 42.9 Å². The molecule has 0 amide bonds. The molecule has 1 saturated heterocycles. The Labute approximate surface area is 142 Å². The van der Waals surface area contributed by atoms with E-state index in [0.29, 0.717) is 17.7 Å². The summed E-state index contributed by atoms with van der Waals surface area (Å²) in [5.41, 5.74) is 2.13. The molecule has 0 saturated carbocycles. The van der Waals surface area contributed by atoms with Gasteiger partial charge in [0.1, 0.15) is 0 Å². The number of nitrogens with zero attached hydrogens (tertiary/aromatic N) is 3. The van der Waals surface area contributed by atoms with Crippen molar-refractivity contribution in [3.05, 3.63) is 54.1 Å². The van der Waals surface area contributed by atoms with Gasteiger partial charge >= 0.3 is 0 Å². The van der Waals surface area contributed by atoms with Gasteiger partial charge in [0.25, 0.3) is 0 Å². The third-order valence-electron chi connectivity index (χ3n) is 4.21. The smallest absolute Gasteiger partial charge is 0.170 e. The molecule has 0 aliphatic carbocycles. The average Bonchev–Trinajstić information content (AvgIpc) is 3.14. The van der Waals surface area contributed by atoms with Gasteiger partial charge in [-0.25, -0.2) is 0 Å². The molecule has 3 heterocycles. The van der Waals surface area contributed by atoms with Crippen molar-refractivity contribution < 1.29 is 5.11 Å². The van der Waals surface area contributed by atoms with E-state index >= 15 is 0 Å². The molecule has 1 fully saturated rings. The largest absolute Gasteiger partial charge is 0.395 e. The Hall–Kier alpha value is -1.92. The summed E-state index contributed by atoms with van der Waals surface area (Å²) in [6, 6.07) is 8.45. The number of aliphatic hydroxyl groups excluding tert-OH is 1. The second-order valence-corrected chi connectivity index (χ2v) is 6.42. The molecule has 5 nitrogen and oxygen atoms in total. The number of hydrogen-bond acceptors (Lipinski definition) is 3. The van der Waals surface area contributed by atoms with Crippen LogP contribution in [0.5, 0.6) is 0 Å². The fourth-order valence-corrected chi connectivity index (χ4v) is 3.38. The molecule has 0 radical (unpaired) electrons. The minimum absolute atomic E-state index is 0.0155. The van der Waals surface area contributed by atoms with Crippen LogP contribution < -0.4 is 5.32 Å². The molecule has 23 heavy (non-hydrogen) atoms. The minimum Gasteiger partial charge on any atom is -0.395 e. The number of β-amino-alcohol motifs (C(OH)–C–C–N with tert-alkyl or cyclic N) is 1. The summed E-state index contributed by atoms with van der Waals surface area (Å²) < 4.78 is 2.18. The molecule has 0 bridgehead atoms. The highest BCUT2D eigenvalue weighted by molar-refractivity contribution is 7.80. The fourth-order valence-electron chi connectivity index (χ4n) is 3.04. The molecule has 2 N–H and O–H groups in total. The standard InChI is InChI=1S/C17H22N4OS/c1-12(2)20-8-6-13(11-20)16-15(14-5-3-4-7-18-14)19-17(23)21(16)9-10-22/h3-8,11-12,15-16,22H,9-10H2,1-2H3,(H,19,23)/t15-,16+/m1/s1. The zero-order chi connectivity index (χ0) is 16.4. The van der Waals surface area contributed by atoms with Gasteiger partial charge in [0.05, 0.1) is 24.4 Å². The lowest BCUT2D eigenvalue weighted by Gasteiger charge is -2.26. The summed E-state index contributed by atoms with van der Waals surface area (Å²) in [5.74, 6) is 0. The van der Waals surface area contributed by atoms with Crippen LogP contribution in [0.2, 0.25) is 0 Å². The number of rotatable bonds is 5. The molecule has 0 spiro atoms. The first kappa shape index (κ1) is 16.0. The van der Waals surface area contributed by atoms with Crippen molar-refractivity contribution in [2.24, 2.45) is 0 Å². The van der Waals surface area contributed by atoms with Gasteiger partial charge in [0.15, 0.2) is 5.11 Å². The first-order valence-electron chi connectivity index (χ1n) is 7.88. The lowest BCUT2D eigenvalue weighted by molar-refractivity contribution is 0.223. The SMILES string of the molecule is CC(C)n1ccc([C@H]2[C@@H](c3ccccn3)NC(=S)N2CCO)c1. The molecule has 1 aliphatic rings. The van der Waals surface area contributed by atoms with E-state index in [-0.39, 0.29) is 18.7 Å². The van der Waals surface area contributed by atoms with Crippen molar-refractivity contribution in [1.82, 2.24) is 19.8 Å². The summed E-state index contributed by atoms with van der Waals surface area (Å²) in [6.07, 6.45) is 6.05. The molecule has 2 atom stereocenters. The molecule has 3 rings (SSSR count). The highest BCUT2D eigenvalue weighted by atomic mass is 32.1. The first-order chi connectivity index (χ1) is 11.1. The fraction of sp³-hybridized carbons (Fsp3) is 0.412. The van der Waals surface area contributed by atoms with E-state index < -0.39 is 0 Å². The summed E-state index contributed by atoms with van der Waals surface area (Å²) in [4.78, 5) is 6.54. The van der Waals surface area contributed by atoms with E-state index in [9.17, 15) is 5.11 Å². The molecule has 2 aromatic heterocycles. The van der Waals surface area contributed by atoms with Crippen LogP contribution in [-0.2, 0) is 0 Å². The van der Waals surface area contributed by atoms with Crippen LogP contribution in [0.1, 0.15) is 43.2 Å². The van der Waals surface area contributed by atoms with E-state index in [1.54, 1.807) is 6.20 Å². The average molecular weight is 330 g/mol. The van der Waals surface area contributed by atoms with E-state index in [0.717, 1.165) is 5.69 Å². The maximum absolute atomic E-state index is 9.41. The summed E-state index contributed by atoms with van der Waals surface area (Å²) in [7, 11) is 0. The number of aliphatic hydroxyl groups is 1. The van der Waals surface area contributed by atoms with Crippen LogP contribution >= 0.6 is 12.2 Å². The zero-order valence-electron chi connectivity index (χ0n) is 13.4. The Bertz CT molecular complexity index is 670. The molecule has 2 aromatic rings. The van der Waals surface area contributed by atoms with E-state index in [1.807, 2.05) is 18.2 Å². The van der Waals surface area contributed by atoms with Gasteiger partial charge in [-0.3, -0.25) is 4.98 Å². The topological polar surface area (TPSA) is 53.3 Å². The predicted octanol–water partition coefficient (Wildman–Crippen LogP) is 2.43. The summed E-state index contributed by atoms with van der Waals surface area (Å²) in [6.45, 7) is 4.89. The Morgan fingerprint density at radius 1 is 1.35 bits per heavy atom. The Kier molecular flexibility index (Phi) is 4.63. The van der Waals surface area contributed by atoms with E-state index in [2.05, 4.69) is 52.1 Å². The maximum atomic E-state index is 9.41. The highest BCUT2D eigenvalue weighted by Gasteiger charge is 2.39. The van der Waals surface area contributed by atoms with Crippen molar-refractivity contribution in [1.29, 1.82) is 0 Å². The molecule has 0 unspecified atom stereocenters. The number of hydrogen-bond donors (Lipinski definition) is 2. The molecule has 122 valence electrons. The van der Waals surface area contributed by atoms with Crippen molar-refractivity contribution in [2.75, 3.05) is 13.2 Å². The van der Waals surface area contributed by atoms with Gasteiger partial charge in [-0.15, -0.1) is 0 Å². The maximum Gasteiger partial charge on any atom is 0.170 e. The van der Waals surface area contributed by atoms with E-state index in [4.69, 9.17) is 12.2 Å².